The summed E-state index contributed by atoms with van der Waals surface area (Å²) in [6.07, 6.45) is 2.10. The van der Waals surface area contributed by atoms with E-state index < -0.39 is 0 Å². The molecule has 0 saturated carbocycles. The van der Waals surface area contributed by atoms with Gasteiger partial charge in [-0.25, -0.2) is 0 Å². The molecule has 30 heavy (non-hydrogen) atoms. The number of nitrogens with zero attached hydrogens (tertiary/aromatic N) is 1. The van der Waals surface area contributed by atoms with Gasteiger partial charge >= 0.3 is 0 Å². The molecule has 1 unspecified atom stereocenters. The van der Waals surface area contributed by atoms with Crippen molar-refractivity contribution >= 4 is 29.0 Å². The van der Waals surface area contributed by atoms with Crippen LogP contribution in [0.5, 0.6) is 5.75 Å². The van der Waals surface area contributed by atoms with E-state index in [1.54, 1.807) is 36.3 Å². The molecule has 1 heterocycles. The molecule has 154 valence electrons. The van der Waals surface area contributed by atoms with Crippen LogP contribution in [-0.4, -0.2) is 24.7 Å². The molecule has 0 radical (unpaired) electrons. The van der Waals surface area contributed by atoms with Crippen LogP contribution in [0.1, 0.15) is 44.1 Å². The Bertz CT molecular complexity index is 1040. The lowest BCUT2D eigenvalue weighted by Crippen LogP contribution is -2.40. The van der Waals surface area contributed by atoms with E-state index in [4.69, 9.17) is 4.74 Å². The molecule has 4 rings (SSSR count). The van der Waals surface area contributed by atoms with Crippen molar-refractivity contribution in [3.8, 4) is 5.75 Å². The number of benzene rings is 2. The minimum absolute atomic E-state index is 0.0494. The number of rotatable bonds is 4. The Labute approximate surface area is 175 Å². The van der Waals surface area contributed by atoms with Gasteiger partial charge in [0.25, 0.3) is 0 Å². The van der Waals surface area contributed by atoms with Gasteiger partial charge in [0.15, 0.2) is 5.78 Å². The van der Waals surface area contributed by atoms with Gasteiger partial charge in [0.1, 0.15) is 5.75 Å². The Morgan fingerprint density at radius 2 is 1.80 bits per heavy atom. The standard InChI is InChI=1S/C24H24N2O4/c1-15(27)25-16-10-12-17(13-11-16)26-20-7-5-8-21(28)24(20)19(14-23(26)29)18-6-3-4-9-22(18)30-2/h3-4,6,9-13,19H,5,7-8,14H2,1-2H3,(H,25,27). The number of hydrogen-bond donors (Lipinski definition) is 1. The molecule has 6 nitrogen and oxygen atoms in total. The number of anilines is 2. The summed E-state index contributed by atoms with van der Waals surface area (Å²) in [5.41, 5.74) is 3.74. The van der Waals surface area contributed by atoms with Crippen molar-refractivity contribution in [2.24, 2.45) is 0 Å². The second-order valence-corrected chi connectivity index (χ2v) is 7.59. The number of ether oxygens (including phenoxy) is 1. The van der Waals surface area contributed by atoms with Crippen molar-refractivity contribution < 1.29 is 19.1 Å². The molecule has 0 fully saturated rings. The van der Waals surface area contributed by atoms with Gasteiger partial charge in [-0.2, -0.15) is 0 Å². The first-order valence-corrected chi connectivity index (χ1v) is 10.1. The molecule has 2 aromatic carbocycles. The zero-order valence-electron chi connectivity index (χ0n) is 17.1. The van der Waals surface area contributed by atoms with Crippen LogP contribution < -0.4 is 15.0 Å². The largest absolute Gasteiger partial charge is 0.496 e. The van der Waals surface area contributed by atoms with Gasteiger partial charge in [0.2, 0.25) is 11.8 Å². The highest BCUT2D eigenvalue weighted by molar-refractivity contribution is 6.07. The van der Waals surface area contributed by atoms with Gasteiger partial charge in [0.05, 0.1) is 7.11 Å². The zero-order valence-corrected chi connectivity index (χ0v) is 17.1. The molecule has 1 aliphatic carbocycles. The number of hydrogen-bond acceptors (Lipinski definition) is 4. The molecule has 2 amide bonds. The summed E-state index contributed by atoms with van der Waals surface area (Å²) in [6, 6.07) is 14.7. The first-order chi connectivity index (χ1) is 14.5. The fourth-order valence-corrected chi connectivity index (χ4v) is 4.41. The van der Waals surface area contributed by atoms with Crippen molar-refractivity contribution in [3.05, 3.63) is 65.4 Å². The number of amides is 2. The highest BCUT2D eigenvalue weighted by atomic mass is 16.5. The van der Waals surface area contributed by atoms with Crippen LogP contribution in [0.25, 0.3) is 0 Å². The normalized spacial score (nSPS) is 18.9. The molecular weight excluding hydrogens is 380 g/mol. The highest BCUT2D eigenvalue weighted by Crippen LogP contribution is 2.45. The average Bonchev–Trinajstić information content (AvgIpc) is 2.74. The van der Waals surface area contributed by atoms with E-state index in [1.807, 2.05) is 24.3 Å². The molecule has 1 N–H and O–H groups in total. The first-order valence-electron chi connectivity index (χ1n) is 10.1. The lowest BCUT2D eigenvalue weighted by molar-refractivity contribution is -0.120. The Morgan fingerprint density at radius 3 is 2.50 bits per heavy atom. The number of para-hydroxylation sites is 1. The van der Waals surface area contributed by atoms with Gasteiger partial charge in [-0.1, -0.05) is 18.2 Å². The Hall–Kier alpha value is -3.41. The fraction of sp³-hybridized carbons (Fsp3) is 0.292. The number of carbonyl (C=O) groups is 3. The van der Waals surface area contributed by atoms with Gasteiger partial charge in [0, 0.05) is 53.9 Å². The molecule has 0 bridgehead atoms. The van der Waals surface area contributed by atoms with E-state index in [1.165, 1.54) is 6.92 Å². The fourth-order valence-electron chi connectivity index (χ4n) is 4.41. The number of methoxy groups -OCH3 is 1. The topological polar surface area (TPSA) is 75.7 Å². The van der Waals surface area contributed by atoms with Gasteiger partial charge in [-0.05, 0) is 43.2 Å². The Kier molecular flexibility index (Phi) is 5.40. The maximum atomic E-state index is 13.3. The van der Waals surface area contributed by atoms with Crippen LogP contribution >= 0.6 is 0 Å². The monoisotopic (exact) mass is 404 g/mol. The molecule has 1 aliphatic heterocycles. The predicted molar refractivity (Wildman–Crippen MR) is 114 cm³/mol. The summed E-state index contributed by atoms with van der Waals surface area (Å²) in [5.74, 6) is 0.283. The van der Waals surface area contributed by atoms with E-state index in [9.17, 15) is 14.4 Å². The minimum Gasteiger partial charge on any atom is -0.496 e. The van der Waals surface area contributed by atoms with E-state index in [2.05, 4.69) is 5.32 Å². The van der Waals surface area contributed by atoms with Crippen LogP contribution in [0.4, 0.5) is 11.4 Å². The highest BCUT2D eigenvalue weighted by Gasteiger charge is 2.40. The van der Waals surface area contributed by atoms with Gasteiger partial charge < -0.3 is 10.1 Å². The molecule has 0 saturated heterocycles. The van der Waals surface area contributed by atoms with Crippen LogP contribution in [-0.2, 0) is 14.4 Å². The van der Waals surface area contributed by atoms with E-state index in [-0.39, 0.29) is 29.9 Å². The number of ketones is 1. The molecule has 6 heteroatoms. The molecular formula is C24H24N2O4. The van der Waals surface area contributed by atoms with Crippen molar-refractivity contribution in [1.29, 1.82) is 0 Å². The summed E-state index contributed by atoms with van der Waals surface area (Å²) in [6.45, 7) is 1.45. The summed E-state index contributed by atoms with van der Waals surface area (Å²) < 4.78 is 5.51. The van der Waals surface area contributed by atoms with Gasteiger partial charge in [-0.3, -0.25) is 19.3 Å². The summed E-state index contributed by atoms with van der Waals surface area (Å²) in [5, 5.41) is 2.73. The second kappa shape index (κ2) is 8.14. The van der Waals surface area contributed by atoms with Crippen molar-refractivity contribution in [3.63, 3.8) is 0 Å². The van der Waals surface area contributed by atoms with E-state index >= 15 is 0 Å². The third-order valence-corrected chi connectivity index (χ3v) is 5.64. The van der Waals surface area contributed by atoms with Crippen molar-refractivity contribution in [1.82, 2.24) is 0 Å². The van der Waals surface area contributed by atoms with Crippen LogP contribution in [0, 0.1) is 0 Å². The SMILES string of the molecule is COc1ccccc1C1CC(=O)N(c2ccc(NC(C)=O)cc2)C2=C1C(=O)CCC2. The van der Waals surface area contributed by atoms with Crippen LogP contribution in [0.15, 0.2) is 59.8 Å². The third kappa shape index (κ3) is 3.61. The van der Waals surface area contributed by atoms with Gasteiger partial charge in [-0.15, -0.1) is 0 Å². The number of carbonyl (C=O) groups excluding carboxylic acids is 3. The molecule has 2 aliphatic rings. The lowest BCUT2D eigenvalue weighted by Gasteiger charge is -2.38. The van der Waals surface area contributed by atoms with Crippen molar-refractivity contribution in [2.75, 3.05) is 17.3 Å². The number of allylic oxidation sites excluding steroid dienone is 2. The molecule has 0 spiro atoms. The Balaban J connectivity index is 1.79. The predicted octanol–water partition coefficient (Wildman–Crippen LogP) is 4.18. The number of nitrogens with one attached hydrogen (secondary N) is 1. The lowest BCUT2D eigenvalue weighted by atomic mass is 9.77. The average molecular weight is 404 g/mol. The summed E-state index contributed by atoms with van der Waals surface area (Å²) in [4.78, 5) is 39.2. The van der Waals surface area contributed by atoms with Crippen LogP contribution in [0.3, 0.4) is 0 Å². The third-order valence-electron chi connectivity index (χ3n) is 5.64. The molecule has 0 aromatic heterocycles. The molecule has 2 aromatic rings. The maximum absolute atomic E-state index is 13.3. The first kappa shape index (κ1) is 19.9. The van der Waals surface area contributed by atoms with E-state index in [0.717, 1.165) is 23.3 Å². The Morgan fingerprint density at radius 1 is 1.07 bits per heavy atom. The van der Waals surface area contributed by atoms with Crippen LogP contribution in [0.2, 0.25) is 0 Å². The summed E-state index contributed by atoms with van der Waals surface area (Å²) in [7, 11) is 1.60. The van der Waals surface area contributed by atoms with Crippen molar-refractivity contribution in [2.45, 2.75) is 38.5 Å². The second-order valence-electron chi connectivity index (χ2n) is 7.59. The quantitative estimate of drug-likeness (QED) is 0.829. The van der Waals surface area contributed by atoms with E-state index in [0.29, 0.717) is 30.0 Å². The summed E-state index contributed by atoms with van der Waals surface area (Å²) >= 11 is 0. The number of Topliss-reactive ketones (excluding diaryl/α,β-unsaturated/α-hetero) is 1. The minimum atomic E-state index is -0.300. The zero-order chi connectivity index (χ0) is 21.3. The molecule has 1 atom stereocenters. The maximum Gasteiger partial charge on any atom is 0.232 e. The smallest absolute Gasteiger partial charge is 0.232 e.